The molecule has 96 valence electrons. The van der Waals surface area contributed by atoms with Gasteiger partial charge < -0.3 is 9.84 Å². The number of morpholine rings is 1. The Morgan fingerprint density at radius 3 is 2.83 bits per heavy atom. The molecule has 5 heteroatoms. The summed E-state index contributed by atoms with van der Waals surface area (Å²) >= 11 is 0. The Morgan fingerprint density at radius 2 is 2.17 bits per heavy atom. The van der Waals surface area contributed by atoms with Crippen molar-refractivity contribution in [1.82, 2.24) is 9.88 Å². The zero-order valence-electron chi connectivity index (χ0n) is 10.1. The van der Waals surface area contributed by atoms with Gasteiger partial charge in [-0.15, -0.1) is 0 Å². The molecule has 0 spiro atoms. The van der Waals surface area contributed by atoms with Gasteiger partial charge in [0, 0.05) is 25.8 Å². The van der Waals surface area contributed by atoms with Gasteiger partial charge in [-0.05, 0) is 30.5 Å². The highest BCUT2D eigenvalue weighted by Crippen LogP contribution is 2.27. The minimum Gasteiger partial charge on any atom is -0.477 e. The molecule has 1 aromatic heterocycles. The van der Waals surface area contributed by atoms with Crippen LogP contribution < -0.4 is 0 Å². The standard InChI is InChI=1S/C13H16N2O3/c16-13(17)12-5-9(3-4-14-12)6-15-7-10-1-2-11(8-15)18-10/h3-5,10-11H,1-2,6-8H2,(H,16,17). The van der Waals surface area contributed by atoms with E-state index in [4.69, 9.17) is 9.84 Å². The van der Waals surface area contributed by atoms with E-state index in [9.17, 15) is 4.79 Å². The highest BCUT2D eigenvalue weighted by Gasteiger charge is 2.33. The quantitative estimate of drug-likeness (QED) is 0.869. The number of hydrogen-bond donors (Lipinski definition) is 1. The highest BCUT2D eigenvalue weighted by atomic mass is 16.5. The maximum atomic E-state index is 10.9. The van der Waals surface area contributed by atoms with Crippen molar-refractivity contribution in [2.24, 2.45) is 0 Å². The van der Waals surface area contributed by atoms with Gasteiger partial charge in [0.25, 0.3) is 0 Å². The van der Waals surface area contributed by atoms with Crippen LogP contribution in [0.3, 0.4) is 0 Å². The predicted molar refractivity (Wildman–Crippen MR) is 64.4 cm³/mol. The van der Waals surface area contributed by atoms with Gasteiger partial charge in [0.1, 0.15) is 5.69 Å². The average Bonchev–Trinajstić information content (AvgIpc) is 2.69. The Bertz CT molecular complexity index is 451. The Hall–Kier alpha value is -1.46. The lowest BCUT2D eigenvalue weighted by molar-refractivity contribution is -0.0410. The molecule has 2 fully saturated rings. The molecule has 3 heterocycles. The molecule has 2 saturated heterocycles. The Labute approximate surface area is 105 Å². The van der Waals surface area contributed by atoms with Gasteiger partial charge in [-0.25, -0.2) is 9.78 Å². The third kappa shape index (κ3) is 2.37. The highest BCUT2D eigenvalue weighted by molar-refractivity contribution is 5.85. The van der Waals surface area contributed by atoms with Crippen LogP contribution in [0.25, 0.3) is 0 Å². The van der Waals surface area contributed by atoms with E-state index in [2.05, 4.69) is 9.88 Å². The van der Waals surface area contributed by atoms with E-state index in [0.29, 0.717) is 12.2 Å². The molecule has 0 aliphatic carbocycles. The van der Waals surface area contributed by atoms with E-state index in [0.717, 1.165) is 38.0 Å². The van der Waals surface area contributed by atoms with Crippen LogP contribution in [0.5, 0.6) is 0 Å². The zero-order chi connectivity index (χ0) is 12.5. The number of carboxylic acid groups (broad SMARTS) is 1. The maximum Gasteiger partial charge on any atom is 0.354 e. The molecule has 1 N–H and O–H groups in total. The van der Waals surface area contributed by atoms with Crippen LogP contribution in [0.4, 0.5) is 0 Å². The lowest BCUT2D eigenvalue weighted by Crippen LogP contribution is -2.41. The summed E-state index contributed by atoms with van der Waals surface area (Å²) in [6.45, 7) is 2.67. The summed E-state index contributed by atoms with van der Waals surface area (Å²) in [5.74, 6) is -0.973. The summed E-state index contributed by atoms with van der Waals surface area (Å²) in [5.41, 5.74) is 1.12. The number of nitrogens with zero attached hydrogens (tertiary/aromatic N) is 2. The van der Waals surface area contributed by atoms with E-state index in [1.807, 2.05) is 6.07 Å². The van der Waals surface area contributed by atoms with Crippen molar-refractivity contribution in [2.45, 2.75) is 31.6 Å². The topological polar surface area (TPSA) is 62.7 Å². The second-order valence-electron chi connectivity index (χ2n) is 5.01. The van der Waals surface area contributed by atoms with Gasteiger partial charge in [-0.3, -0.25) is 4.90 Å². The van der Waals surface area contributed by atoms with Crippen LogP contribution in [0.2, 0.25) is 0 Å². The summed E-state index contributed by atoms with van der Waals surface area (Å²) in [4.78, 5) is 17.0. The van der Waals surface area contributed by atoms with Crippen LogP contribution in [-0.4, -0.2) is 46.3 Å². The van der Waals surface area contributed by atoms with Gasteiger partial charge in [0.15, 0.2) is 0 Å². The lowest BCUT2D eigenvalue weighted by Gasteiger charge is -2.32. The van der Waals surface area contributed by atoms with Gasteiger partial charge in [0.2, 0.25) is 0 Å². The Balaban J connectivity index is 1.69. The summed E-state index contributed by atoms with van der Waals surface area (Å²) in [6.07, 6.45) is 4.60. The molecule has 2 unspecified atom stereocenters. The third-order valence-electron chi connectivity index (χ3n) is 3.57. The largest absolute Gasteiger partial charge is 0.477 e. The number of aromatic carboxylic acids is 1. The fraction of sp³-hybridized carbons (Fsp3) is 0.538. The molecule has 18 heavy (non-hydrogen) atoms. The maximum absolute atomic E-state index is 10.9. The van der Waals surface area contributed by atoms with Crippen molar-refractivity contribution >= 4 is 5.97 Å². The average molecular weight is 248 g/mol. The summed E-state index contributed by atoms with van der Waals surface area (Å²) < 4.78 is 5.78. The molecule has 0 saturated carbocycles. The summed E-state index contributed by atoms with van der Waals surface area (Å²) in [7, 11) is 0. The number of rotatable bonds is 3. The molecule has 0 radical (unpaired) electrons. The van der Waals surface area contributed by atoms with Crippen molar-refractivity contribution in [1.29, 1.82) is 0 Å². The number of fused-ring (bicyclic) bond motifs is 2. The number of likely N-dealkylation sites (tertiary alicyclic amines) is 1. The molecular weight excluding hydrogens is 232 g/mol. The fourth-order valence-electron chi connectivity index (χ4n) is 2.78. The molecule has 2 aliphatic heterocycles. The van der Waals surface area contributed by atoms with Crippen molar-refractivity contribution in [3.05, 3.63) is 29.6 Å². The summed E-state index contributed by atoms with van der Waals surface area (Å²) in [5, 5.41) is 8.91. The number of hydrogen-bond acceptors (Lipinski definition) is 4. The molecule has 2 aliphatic rings. The molecule has 0 aromatic carbocycles. The minimum atomic E-state index is -0.973. The van der Waals surface area contributed by atoms with E-state index in [-0.39, 0.29) is 5.69 Å². The normalized spacial score (nSPS) is 27.3. The predicted octanol–water partition coefficient (Wildman–Crippen LogP) is 1.14. The number of aromatic nitrogens is 1. The van der Waals surface area contributed by atoms with E-state index < -0.39 is 5.97 Å². The first kappa shape index (κ1) is 11.6. The zero-order valence-corrected chi connectivity index (χ0v) is 10.1. The Kier molecular flexibility index (Phi) is 3.01. The van der Waals surface area contributed by atoms with Gasteiger partial charge in [-0.1, -0.05) is 0 Å². The third-order valence-corrected chi connectivity index (χ3v) is 3.57. The van der Waals surface area contributed by atoms with Crippen molar-refractivity contribution in [3.63, 3.8) is 0 Å². The molecule has 2 atom stereocenters. The molecule has 1 aromatic rings. The van der Waals surface area contributed by atoms with Crippen LogP contribution in [0.15, 0.2) is 18.3 Å². The van der Waals surface area contributed by atoms with Crippen LogP contribution in [0.1, 0.15) is 28.9 Å². The molecule has 5 nitrogen and oxygen atoms in total. The van der Waals surface area contributed by atoms with E-state index in [1.54, 1.807) is 12.3 Å². The van der Waals surface area contributed by atoms with Crippen LogP contribution in [0, 0.1) is 0 Å². The number of ether oxygens (including phenoxy) is 1. The fourth-order valence-corrected chi connectivity index (χ4v) is 2.78. The van der Waals surface area contributed by atoms with Gasteiger partial charge >= 0.3 is 5.97 Å². The number of carbonyl (C=O) groups is 1. The minimum absolute atomic E-state index is 0.115. The van der Waals surface area contributed by atoms with E-state index >= 15 is 0 Å². The smallest absolute Gasteiger partial charge is 0.354 e. The first-order valence-electron chi connectivity index (χ1n) is 6.27. The second-order valence-corrected chi connectivity index (χ2v) is 5.01. The van der Waals surface area contributed by atoms with Gasteiger partial charge in [-0.2, -0.15) is 0 Å². The monoisotopic (exact) mass is 248 g/mol. The van der Waals surface area contributed by atoms with Gasteiger partial charge in [0.05, 0.1) is 12.2 Å². The number of pyridine rings is 1. The Morgan fingerprint density at radius 1 is 1.44 bits per heavy atom. The summed E-state index contributed by atoms with van der Waals surface area (Å²) in [6, 6.07) is 3.53. The van der Waals surface area contributed by atoms with Crippen molar-refractivity contribution in [2.75, 3.05) is 13.1 Å². The lowest BCUT2D eigenvalue weighted by atomic mass is 10.2. The first-order chi connectivity index (χ1) is 8.70. The van der Waals surface area contributed by atoms with Crippen LogP contribution in [-0.2, 0) is 11.3 Å². The molecule has 0 amide bonds. The molecular formula is C13H16N2O3. The SMILES string of the molecule is O=C(O)c1cc(CN2CC3CCC(C2)O3)ccn1. The van der Waals surface area contributed by atoms with Crippen molar-refractivity contribution in [3.8, 4) is 0 Å². The first-order valence-corrected chi connectivity index (χ1v) is 6.27. The number of carboxylic acids is 1. The molecule has 2 bridgehead atoms. The van der Waals surface area contributed by atoms with Crippen molar-refractivity contribution < 1.29 is 14.6 Å². The van der Waals surface area contributed by atoms with E-state index in [1.165, 1.54) is 0 Å². The second kappa shape index (κ2) is 4.66. The van der Waals surface area contributed by atoms with Crippen LogP contribution >= 0.6 is 0 Å². The molecule has 3 rings (SSSR count).